The Hall–Kier alpha value is -4.91. The summed E-state index contributed by atoms with van der Waals surface area (Å²) < 4.78 is 38.0. The SMILES string of the molecule is C=O.CC.CCN(CCC(=O)N1CCCC1)C(=O)c1ccccc1.CN(C)c1ccccc1.CNC(=O)c1cc2cc(C(F)(F)P(=O)(O)O)ccc2[nH]1. The summed E-state index contributed by atoms with van der Waals surface area (Å²) >= 11 is 0. The number of amides is 3. The van der Waals surface area contributed by atoms with Crippen molar-refractivity contribution in [2.75, 3.05) is 52.2 Å². The molecule has 290 valence electrons. The number of alkyl halides is 2. The molecule has 0 radical (unpaired) electrons. The van der Waals surface area contributed by atoms with Crippen LogP contribution in [-0.4, -0.2) is 96.4 Å². The van der Waals surface area contributed by atoms with Crippen molar-refractivity contribution in [3.05, 3.63) is 102 Å². The van der Waals surface area contributed by atoms with Crippen LogP contribution < -0.4 is 10.2 Å². The quantitative estimate of drug-likeness (QED) is 0.140. The van der Waals surface area contributed by atoms with E-state index in [1.165, 1.54) is 24.9 Å². The van der Waals surface area contributed by atoms with Crippen molar-refractivity contribution < 1.29 is 42.3 Å². The summed E-state index contributed by atoms with van der Waals surface area (Å²) in [7, 11) is -0.117. The molecule has 0 saturated carbocycles. The summed E-state index contributed by atoms with van der Waals surface area (Å²) in [5, 5.41) is 2.63. The minimum Gasteiger partial charge on any atom is -0.378 e. The van der Waals surface area contributed by atoms with Gasteiger partial charge in [-0.05, 0) is 62.2 Å². The molecule has 4 aromatic rings. The van der Waals surface area contributed by atoms with Gasteiger partial charge in [0.2, 0.25) is 5.91 Å². The van der Waals surface area contributed by atoms with Crippen LogP contribution in [0.4, 0.5) is 14.5 Å². The van der Waals surface area contributed by atoms with Crippen LogP contribution in [-0.2, 0) is 19.8 Å². The van der Waals surface area contributed by atoms with Crippen LogP contribution in [0.15, 0.2) is 84.9 Å². The van der Waals surface area contributed by atoms with Crippen molar-refractivity contribution in [1.29, 1.82) is 0 Å². The molecule has 0 spiro atoms. The number of carbonyl (C=O) groups excluding carboxylic acids is 4. The molecule has 53 heavy (non-hydrogen) atoms. The number of aromatic nitrogens is 1. The van der Waals surface area contributed by atoms with E-state index in [9.17, 15) is 27.7 Å². The molecule has 1 aliphatic rings. The Bertz CT molecular complexity index is 1750. The first kappa shape index (κ1) is 46.1. The van der Waals surface area contributed by atoms with Crippen molar-refractivity contribution in [2.45, 2.75) is 45.7 Å². The van der Waals surface area contributed by atoms with Gasteiger partial charge in [0.15, 0.2) is 0 Å². The minimum atomic E-state index is -5.61. The maximum atomic E-state index is 13.6. The zero-order chi connectivity index (χ0) is 40.2. The van der Waals surface area contributed by atoms with Crippen molar-refractivity contribution in [3.63, 3.8) is 0 Å². The highest BCUT2D eigenvalue weighted by molar-refractivity contribution is 7.52. The third-order valence-electron chi connectivity index (χ3n) is 7.82. The number of likely N-dealkylation sites (tertiary alicyclic amines) is 1. The molecule has 1 fully saturated rings. The van der Waals surface area contributed by atoms with E-state index in [-0.39, 0.29) is 22.9 Å². The highest BCUT2D eigenvalue weighted by Gasteiger charge is 2.50. The summed E-state index contributed by atoms with van der Waals surface area (Å²) in [5.74, 6) is -0.256. The predicted molar refractivity (Wildman–Crippen MR) is 205 cm³/mol. The molecule has 0 unspecified atom stereocenters. The lowest BCUT2D eigenvalue weighted by Gasteiger charge is -2.22. The van der Waals surface area contributed by atoms with Gasteiger partial charge in [-0.2, -0.15) is 8.78 Å². The Morgan fingerprint density at radius 3 is 1.94 bits per heavy atom. The average molecular weight is 760 g/mol. The van der Waals surface area contributed by atoms with Crippen molar-refractivity contribution in [1.82, 2.24) is 20.1 Å². The topological polar surface area (TPSA) is 163 Å². The second-order valence-corrected chi connectivity index (χ2v) is 13.1. The van der Waals surface area contributed by atoms with Gasteiger partial charge in [0.25, 0.3) is 11.8 Å². The lowest BCUT2D eigenvalue weighted by molar-refractivity contribution is -0.130. The number of benzene rings is 3. The summed E-state index contributed by atoms with van der Waals surface area (Å²) in [6.07, 6.45) is 2.63. The van der Waals surface area contributed by atoms with E-state index in [0.717, 1.165) is 38.1 Å². The molecule has 1 saturated heterocycles. The van der Waals surface area contributed by atoms with E-state index >= 15 is 0 Å². The molecule has 0 aliphatic carbocycles. The average Bonchev–Trinajstić information content (AvgIpc) is 3.88. The highest BCUT2D eigenvalue weighted by atomic mass is 31.2. The molecule has 1 aromatic heterocycles. The van der Waals surface area contributed by atoms with Gasteiger partial charge in [0.1, 0.15) is 12.5 Å². The molecular formula is C38H52F2N5O7P. The molecule has 2 heterocycles. The fourth-order valence-corrected chi connectivity index (χ4v) is 5.47. The molecule has 12 nitrogen and oxygen atoms in total. The van der Waals surface area contributed by atoms with E-state index < -0.39 is 24.7 Å². The van der Waals surface area contributed by atoms with Crippen molar-refractivity contribution in [3.8, 4) is 0 Å². The molecule has 4 N–H and O–H groups in total. The number of para-hydroxylation sites is 1. The van der Waals surface area contributed by atoms with Crippen LogP contribution in [0.25, 0.3) is 10.9 Å². The van der Waals surface area contributed by atoms with Gasteiger partial charge in [-0.1, -0.05) is 56.3 Å². The second kappa shape index (κ2) is 22.9. The third kappa shape index (κ3) is 13.9. The first-order chi connectivity index (χ1) is 25.2. The van der Waals surface area contributed by atoms with Crippen LogP contribution >= 0.6 is 7.60 Å². The van der Waals surface area contributed by atoms with Crippen LogP contribution in [0.1, 0.15) is 66.4 Å². The number of anilines is 1. The Labute approximate surface area is 310 Å². The Balaban J connectivity index is 0.000000402. The maximum absolute atomic E-state index is 13.6. The van der Waals surface area contributed by atoms with Crippen LogP contribution in [0.3, 0.4) is 0 Å². The smallest absolute Gasteiger partial charge is 0.378 e. The van der Waals surface area contributed by atoms with Gasteiger partial charge in [-0.3, -0.25) is 18.9 Å². The van der Waals surface area contributed by atoms with Crippen molar-refractivity contribution in [2.24, 2.45) is 0 Å². The summed E-state index contributed by atoms with van der Waals surface area (Å²) in [5.41, 5.74) is -2.57. The van der Waals surface area contributed by atoms with Crippen LogP contribution in [0.5, 0.6) is 0 Å². The van der Waals surface area contributed by atoms with E-state index in [1.54, 1.807) is 4.90 Å². The van der Waals surface area contributed by atoms with E-state index in [1.807, 2.05) is 95.1 Å². The molecule has 0 bridgehead atoms. The van der Waals surface area contributed by atoms with Crippen molar-refractivity contribution >= 4 is 48.7 Å². The van der Waals surface area contributed by atoms with E-state index in [0.29, 0.717) is 30.6 Å². The fraction of sp³-hybridized carbons (Fsp3) is 0.368. The highest BCUT2D eigenvalue weighted by Crippen LogP contribution is 2.59. The lowest BCUT2D eigenvalue weighted by Crippen LogP contribution is -2.36. The predicted octanol–water partition coefficient (Wildman–Crippen LogP) is 6.51. The van der Waals surface area contributed by atoms with Crippen LogP contribution in [0, 0.1) is 0 Å². The summed E-state index contributed by atoms with van der Waals surface area (Å²) in [6, 6.07) is 23.9. The number of fused-ring (bicyclic) bond motifs is 1. The molecule has 1 aliphatic heterocycles. The minimum absolute atomic E-state index is 0.00215. The molecule has 3 aromatic carbocycles. The van der Waals surface area contributed by atoms with Gasteiger partial charge < -0.3 is 39.6 Å². The number of hydrogen-bond donors (Lipinski definition) is 4. The van der Waals surface area contributed by atoms with Crippen LogP contribution in [0.2, 0.25) is 0 Å². The number of H-pyrrole nitrogens is 1. The molecule has 0 atom stereocenters. The monoisotopic (exact) mass is 759 g/mol. The molecule has 15 heteroatoms. The second-order valence-electron chi connectivity index (χ2n) is 11.5. The van der Waals surface area contributed by atoms with E-state index in [4.69, 9.17) is 14.6 Å². The number of nitrogens with zero attached hydrogens (tertiary/aromatic N) is 3. The Morgan fingerprint density at radius 1 is 0.925 bits per heavy atom. The van der Waals surface area contributed by atoms with Gasteiger partial charge in [0, 0.05) is 81.5 Å². The number of aromatic amines is 1. The first-order valence-corrected chi connectivity index (χ1v) is 18.7. The lowest BCUT2D eigenvalue weighted by atomic mass is 10.1. The summed E-state index contributed by atoms with van der Waals surface area (Å²) in [6.45, 7) is 10.8. The van der Waals surface area contributed by atoms with E-state index in [2.05, 4.69) is 27.3 Å². The number of halogens is 2. The Kier molecular flexibility index (Phi) is 19.9. The largest absolute Gasteiger partial charge is 0.399 e. The summed E-state index contributed by atoms with van der Waals surface area (Å²) in [4.78, 5) is 69.6. The zero-order valence-electron chi connectivity index (χ0n) is 31.2. The number of hydrogen-bond acceptors (Lipinski definition) is 6. The number of nitrogens with one attached hydrogen (secondary N) is 2. The standard InChI is InChI=1S/C16H22N2O2.C11H11F2N2O4P.C8H11N.C2H6.CH2O/c1-2-17(16(20)14-8-4-3-5-9-14)13-10-15(19)18-11-6-7-12-18;1-14-10(16)9-5-6-4-7(2-3-8(6)15-9)11(12,13)20(17,18)19;1-9(2)8-6-4-3-5-7-8;2*1-2/h3-5,8-9H,2,6-7,10-13H2,1H3;2-5,15H,1H3,(H,14,16)(H2,17,18,19);3-7H,1-2H3;1-2H3;1H2. The maximum Gasteiger partial charge on any atom is 0.399 e. The molecule has 5 rings (SSSR count). The normalized spacial score (nSPS) is 11.9. The van der Waals surface area contributed by atoms with Gasteiger partial charge in [-0.25, -0.2) is 0 Å². The molecular weight excluding hydrogens is 707 g/mol. The fourth-order valence-electron chi connectivity index (χ4n) is 4.99. The number of carbonyl (C=O) groups is 4. The first-order valence-electron chi connectivity index (χ1n) is 17.1. The zero-order valence-corrected chi connectivity index (χ0v) is 32.1. The van der Waals surface area contributed by atoms with Gasteiger partial charge >= 0.3 is 13.3 Å². The van der Waals surface area contributed by atoms with Gasteiger partial charge in [-0.15, -0.1) is 0 Å². The number of rotatable bonds is 9. The molecule has 3 amide bonds. The third-order valence-corrected chi connectivity index (χ3v) is 8.81. The Morgan fingerprint density at radius 2 is 1.47 bits per heavy atom. The van der Waals surface area contributed by atoms with Gasteiger partial charge in [0.05, 0.1) is 0 Å².